The first kappa shape index (κ1) is 70.6. The number of carbonyl (C=O) groups excluding carboxylic acids is 4. The van der Waals surface area contributed by atoms with Crippen LogP contribution in [-0.4, -0.2) is 253 Å². The van der Waals surface area contributed by atoms with Crippen molar-refractivity contribution < 1.29 is 137 Å². The Balaban J connectivity index is 1.06. The van der Waals surface area contributed by atoms with E-state index in [-0.39, 0.29) is 18.8 Å². The lowest BCUT2D eigenvalue weighted by atomic mass is 9.33. The largest absolute Gasteiger partial charge is 0.479 e. The summed E-state index contributed by atoms with van der Waals surface area (Å²) in [5.41, 5.74) is -4.95. The molecule has 0 bridgehead atoms. The second-order valence-corrected chi connectivity index (χ2v) is 28.1. The molecule has 28 nitrogen and oxygen atoms in total. The first-order valence-corrected chi connectivity index (χ1v) is 31.4. The Kier molecular flexibility index (Phi) is 21.0. The molecule has 0 aromatic rings. The third-order valence-corrected chi connectivity index (χ3v) is 22.4. The molecule has 0 radical (unpaired) electrons. The van der Waals surface area contributed by atoms with Crippen LogP contribution >= 0.6 is 0 Å². The van der Waals surface area contributed by atoms with E-state index in [4.69, 9.17) is 52.1 Å². The van der Waals surface area contributed by atoms with Gasteiger partial charge in [-0.2, -0.15) is 0 Å². The summed E-state index contributed by atoms with van der Waals surface area (Å²) in [4.78, 5) is 67.7. The van der Waals surface area contributed by atoms with E-state index in [2.05, 4.69) is 26.8 Å². The maximum atomic E-state index is 14.3. The second-order valence-electron chi connectivity index (χ2n) is 28.1. The zero-order valence-electron chi connectivity index (χ0n) is 52.3. The van der Waals surface area contributed by atoms with Crippen LogP contribution in [-0.2, 0) is 76.1 Å². The molecule has 4 heterocycles. The van der Waals surface area contributed by atoms with Gasteiger partial charge in [-0.3, -0.25) is 9.59 Å². The summed E-state index contributed by atoms with van der Waals surface area (Å²) in [5, 5.41) is 131. The predicted octanol–water partition coefficient (Wildman–Crippen LogP) is -1.05. The third kappa shape index (κ3) is 12.2. The average Bonchev–Trinajstić information content (AvgIpc) is 0.669. The Bertz CT molecular complexity index is 2650. The summed E-state index contributed by atoms with van der Waals surface area (Å²) in [5.74, 6) is -5.03. The van der Waals surface area contributed by atoms with Crippen molar-refractivity contribution >= 4 is 30.2 Å². The number of unbranched alkanes of at least 4 members (excludes halogenated alkanes) is 1. The van der Waals surface area contributed by atoms with Gasteiger partial charge in [0.25, 0.3) is 0 Å². The summed E-state index contributed by atoms with van der Waals surface area (Å²) in [6.07, 6.45) is -29.8. The van der Waals surface area contributed by atoms with E-state index in [0.717, 1.165) is 18.3 Å². The number of hydrogen-bond donors (Lipinski definition) is 12. The van der Waals surface area contributed by atoms with Crippen LogP contribution in [0.3, 0.4) is 0 Å². The maximum absolute atomic E-state index is 14.3. The van der Waals surface area contributed by atoms with Crippen molar-refractivity contribution in [2.24, 2.45) is 50.2 Å². The van der Waals surface area contributed by atoms with Gasteiger partial charge in [-0.25, -0.2) is 9.59 Å². The molecule has 0 spiro atoms. The zero-order chi connectivity index (χ0) is 66.1. The number of carboxylic acids is 1. The van der Waals surface area contributed by atoms with Crippen LogP contribution in [0.5, 0.6) is 0 Å². The number of aliphatic carboxylic acids is 1. The topological polar surface area (TPSA) is 430 Å². The molecule has 0 aromatic heterocycles. The first-order chi connectivity index (χ1) is 42.2. The van der Waals surface area contributed by atoms with Crippen molar-refractivity contribution in [1.29, 1.82) is 0 Å². The molecule has 4 saturated carbocycles. The lowest BCUT2D eigenvalue weighted by molar-refractivity contribution is -0.398. The van der Waals surface area contributed by atoms with Crippen molar-refractivity contribution in [1.82, 2.24) is 0 Å². The molecule has 9 rings (SSSR count). The van der Waals surface area contributed by atoms with Crippen molar-refractivity contribution in [3.8, 4) is 0 Å². The molecule has 4 saturated heterocycles. The molecule has 90 heavy (non-hydrogen) atoms. The van der Waals surface area contributed by atoms with E-state index in [1.165, 1.54) is 19.9 Å². The number of rotatable bonds is 18. The van der Waals surface area contributed by atoms with E-state index in [0.29, 0.717) is 38.5 Å². The maximum Gasteiger partial charge on any atom is 0.335 e. The Hall–Kier alpha value is -3.73. The van der Waals surface area contributed by atoms with Gasteiger partial charge in [-0.15, -0.1) is 0 Å². The highest BCUT2D eigenvalue weighted by Crippen LogP contribution is 2.76. The standard InChI is InChI=1S/C62H94O28/c1-10-11-12-13-38(70)86-50-51(83-28(3)67)62(26-65)30(20-57(50,4)5)29-14-15-35-58(6)18-17-36(59(7,25-64)34(58)16-19-60(35,8)61(29,9)21-37(62)82-27(2)66)85-56-49(90-54-44(76)42(74)41(73)33(22-63)84-54)46(45(77)47(88-56)52(78)79)87-55-48(40(72)32(69)24-81-55)89-53-43(75)39(71)31(68)23-80-53/h12-14,25,30-37,39-51,53-56,63,65,68-69,71-77H,10-11,15-24,26H2,1-9H3,(H,78,79)/b13-12-/t30-,31+,32-,33+,34+,35-,36-,37+,39-,40-,41-,42-,43+,44+,45-,46-,47-,48+,49+,50-,51-,53-,54-,55-,56+,58-,59-,60+,61+,62-/m0/s1. The predicted molar refractivity (Wildman–Crippen MR) is 303 cm³/mol. The number of carbonyl (C=O) groups is 5. The summed E-state index contributed by atoms with van der Waals surface area (Å²) in [6.45, 7) is 13.7. The molecule has 12 N–H and O–H groups in total. The molecule has 9 aliphatic rings. The monoisotopic (exact) mass is 1290 g/mol. The summed E-state index contributed by atoms with van der Waals surface area (Å²) < 4.78 is 67.1. The van der Waals surface area contributed by atoms with E-state index >= 15 is 0 Å². The smallest absolute Gasteiger partial charge is 0.335 e. The lowest BCUT2D eigenvalue weighted by Gasteiger charge is -2.72. The molecular formula is C62H94O28. The fourth-order valence-corrected chi connectivity index (χ4v) is 17.5. The van der Waals surface area contributed by atoms with Crippen molar-refractivity contribution in [3.05, 3.63) is 23.8 Å². The quantitative estimate of drug-likeness (QED) is 0.0194. The molecule has 8 fully saturated rings. The molecule has 510 valence electrons. The Morgan fingerprint density at radius 1 is 0.644 bits per heavy atom. The van der Waals surface area contributed by atoms with E-state index in [9.17, 15) is 85.3 Å². The number of carboxylic acid groups (broad SMARTS) is 1. The van der Waals surface area contributed by atoms with Gasteiger partial charge in [0.05, 0.1) is 43.4 Å². The molecule has 0 amide bonds. The number of esters is 3. The SMILES string of the molecule is CCC/C=C\C(=O)O[C@H]1[C@H](OC(C)=O)[C@]2(CO)[C@H](OC(C)=O)C[C@]3(C)C(=CC[C@H]4[C@@]5(C)CC[C@H](O[C@@H]6O[C@H](C(=O)O)[C@@H](O)[C@H](O[C@@H]7OC[C@H](O)[C@H](O)[C@H]7O[C@@H]7OC[C@@H](O)[C@H](O)[C@H]7O)[C@H]6O[C@@H]6O[C@H](CO)[C@H](O)[C@H](O)[C@H]6O)[C@@](C)(C=O)[C@@H]5CC[C@]43C)[C@@H]2CC1(C)C. The van der Waals surface area contributed by atoms with Gasteiger partial charge in [-0.1, -0.05) is 72.6 Å². The third-order valence-electron chi connectivity index (χ3n) is 22.4. The van der Waals surface area contributed by atoms with Gasteiger partial charge < -0.3 is 118 Å². The van der Waals surface area contributed by atoms with E-state index in [1.54, 1.807) is 13.0 Å². The number of aliphatic hydroxyl groups is 11. The van der Waals surface area contributed by atoms with E-state index in [1.807, 2.05) is 20.8 Å². The van der Waals surface area contributed by atoms with Gasteiger partial charge in [0, 0.05) is 25.3 Å². The molecule has 28 heteroatoms. The summed E-state index contributed by atoms with van der Waals surface area (Å²) in [6, 6.07) is 0. The summed E-state index contributed by atoms with van der Waals surface area (Å²) >= 11 is 0. The average molecular weight is 1290 g/mol. The van der Waals surface area contributed by atoms with Crippen molar-refractivity contribution in [2.75, 3.05) is 26.4 Å². The Labute approximate surface area is 521 Å². The highest BCUT2D eigenvalue weighted by Gasteiger charge is 2.75. The van der Waals surface area contributed by atoms with Crippen molar-refractivity contribution in [2.45, 2.75) is 255 Å². The first-order valence-electron chi connectivity index (χ1n) is 31.4. The number of allylic oxidation sites excluding steroid dienone is 3. The van der Waals surface area contributed by atoms with E-state index < -0.39 is 230 Å². The number of fused-ring (bicyclic) bond motifs is 7. The molecule has 4 aliphatic heterocycles. The minimum absolute atomic E-state index is 0.0921. The van der Waals surface area contributed by atoms with Crippen LogP contribution in [0, 0.1) is 50.2 Å². The zero-order valence-corrected chi connectivity index (χ0v) is 52.3. The second kappa shape index (κ2) is 26.8. The van der Waals surface area contributed by atoms with Crippen LogP contribution < -0.4 is 0 Å². The van der Waals surface area contributed by atoms with Crippen LogP contribution in [0.25, 0.3) is 0 Å². The van der Waals surface area contributed by atoms with Crippen LogP contribution in [0.2, 0.25) is 0 Å². The number of aldehydes is 1. The Morgan fingerprint density at radius 3 is 1.90 bits per heavy atom. The fourth-order valence-electron chi connectivity index (χ4n) is 17.5. The number of aliphatic hydroxyl groups excluding tert-OH is 11. The van der Waals surface area contributed by atoms with Gasteiger partial charge in [0.1, 0.15) is 97.8 Å². The lowest BCUT2D eigenvalue weighted by Crippen LogP contribution is -2.73. The molecule has 30 atom stereocenters. The van der Waals surface area contributed by atoms with Crippen LogP contribution in [0.4, 0.5) is 0 Å². The normalized spacial score (nSPS) is 49.2. The highest BCUT2D eigenvalue weighted by atomic mass is 16.8. The van der Waals surface area contributed by atoms with Gasteiger partial charge in [0.2, 0.25) is 0 Å². The molecular weight excluding hydrogens is 1190 g/mol. The van der Waals surface area contributed by atoms with Gasteiger partial charge in [-0.05, 0) is 85.4 Å². The Morgan fingerprint density at radius 2 is 1.28 bits per heavy atom. The number of ether oxygens (including phenoxy) is 11. The number of hydrogen-bond acceptors (Lipinski definition) is 27. The molecule has 5 aliphatic carbocycles. The molecule has 0 aromatic carbocycles. The van der Waals surface area contributed by atoms with Gasteiger partial charge in [0.15, 0.2) is 37.4 Å². The minimum Gasteiger partial charge on any atom is -0.479 e. The fraction of sp³-hybridized carbons (Fsp3) is 0.855. The van der Waals surface area contributed by atoms with Crippen LogP contribution in [0.1, 0.15) is 120 Å². The summed E-state index contributed by atoms with van der Waals surface area (Å²) in [7, 11) is 0. The van der Waals surface area contributed by atoms with Crippen molar-refractivity contribution in [3.63, 3.8) is 0 Å². The highest BCUT2D eigenvalue weighted by molar-refractivity contribution is 5.82. The minimum atomic E-state index is -2.29. The van der Waals surface area contributed by atoms with Gasteiger partial charge >= 0.3 is 23.9 Å². The van der Waals surface area contributed by atoms with Crippen LogP contribution in [0.15, 0.2) is 23.8 Å². The molecule has 0 unspecified atom stereocenters.